The van der Waals surface area contributed by atoms with E-state index in [2.05, 4.69) is 0 Å². The number of hydrogen-bond acceptors (Lipinski definition) is 4. The van der Waals surface area contributed by atoms with Gasteiger partial charge in [-0.15, -0.1) is 0 Å². The van der Waals surface area contributed by atoms with Gasteiger partial charge in [0.1, 0.15) is 11.4 Å². The minimum absolute atomic E-state index is 0.0116. The number of para-hydroxylation sites is 2. The van der Waals surface area contributed by atoms with E-state index in [-0.39, 0.29) is 11.3 Å². The molecule has 1 unspecified atom stereocenters. The highest BCUT2D eigenvalue weighted by Gasteiger charge is 2.45. The second-order valence-corrected chi connectivity index (χ2v) is 7.20. The minimum Gasteiger partial charge on any atom is -0.503 e. The molecule has 152 valence electrons. The second kappa shape index (κ2) is 7.25. The van der Waals surface area contributed by atoms with E-state index >= 15 is 0 Å². The number of nitrogens with zero attached hydrogens (tertiary/aromatic N) is 1. The smallest absolute Gasteiger partial charge is 0.294 e. The van der Waals surface area contributed by atoms with Gasteiger partial charge in [-0.05, 0) is 42.0 Å². The van der Waals surface area contributed by atoms with Crippen LogP contribution >= 0.6 is 0 Å². The number of aliphatic hydroxyl groups excluding tert-OH is 1. The Labute approximate surface area is 176 Å². The molecule has 5 nitrogen and oxygen atoms in total. The molecule has 1 aromatic heterocycles. The van der Waals surface area contributed by atoms with Gasteiger partial charge in [0.05, 0.1) is 11.6 Å². The maximum atomic E-state index is 13.6. The zero-order valence-corrected chi connectivity index (χ0v) is 16.2. The molecule has 31 heavy (non-hydrogen) atoms. The van der Waals surface area contributed by atoms with Crippen molar-refractivity contribution >= 4 is 28.3 Å². The van der Waals surface area contributed by atoms with Gasteiger partial charge in [0.2, 0.25) is 5.78 Å². The lowest BCUT2D eigenvalue weighted by Crippen LogP contribution is -2.31. The highest BCUT2D eigenvalue weighted by atomic mass is 19.1. The molecule has 3 aromatic carbocycles. The molecule has 5 rings (SSSR count). The normalized spacial score (nSPS) is 16.4. The predicted octanol–water partition coefficient (Wildman–Crippen LogP) is 5.35. The average Bonchev–Trinajstić information content (AvgIpc) is 3.34. The summed E-state index contributed by atoms with van der Waals surface area (Å²) in [6, 6.07) is 22.0. The quantitative estimate of drug-likeness (QED) is 0.458. The summed E-state index contributed by atoms with van der Waals surface area (Å²) in [7, 11) is 0. The van der Waals surface area contributed by atoms with Crippen molar-refractivity contribution in [1.82, 2.24) is 0 Å². The summed E-state index contributed by atoms with van der Waals surface area (Å²) in [5.41, 5.74) is 1.40. The standard InChI is InChI=1S/C25H16FNO4/c26-17-12-10-15(11-13-17)22-21(23(28)20-14-16-6-4-5-9-19(16)31-20)24(29)25(30)27(22)18-7-2-1-3-8-18/h1-14,22,29H. The molecule has 1 atom stereocenters. The van der Waals surface area contributed by atoms with Gasteiger partial charge < -0.3 is 9.52 Å². The fourth-order valence-electron chi connectivity index (χ4n) is 3.88. The van der Waals surface area contributed by atoms with E-state index in [0.29, 0.717) is 16.8 Å². The topological polar surface area (TPSA) is 70.8 Å². The van der Waals surface area contributed by atoms with Crippen molar-refractivity contribution in [3.05, 3.63) is 113 Å². The van der Waals surface area contributed by atoms with Crippen LogP contribution in [0.2, 0.25) is 0 Å². The number of aliphatic hydroxyl groups is 1. The monoisotopic (exact) mass is 413 g/mol. The van der Waals surface area contributed by atoms with E-state index in [1.165, 1.54) is 29.2 Å². The van der Waals surface area contributed by atoms with Gasteiger partial charge in [-0.25, -0.2) is 4.39 Å². The molecular weight excluding hydrogens is 397 g/mol. The lowest BCUT2D eigenvalue weighted by molar-refractivity contribution is -0.117. The fraction of sp³-hybridized carbons (Fsp3) is 0.0400. The molecule has 0 saturated heterocycles. The number of carbonyl (C=O) groups is 2. The molecule has 0 radical (unpaired) electrons. The van der Waals surface area contributed by atoms with Crippen LogP contribution < -0.4 is 4.90 Å². The Balaban J connectivity index is 1.66. The van der Waals surface area contributed by atoms with Gasteiger partial charge in [0, 0.05) is 11.1 Å². The first kappa shape index (κ1) is 18.8. The molecule has 2 heterocycles. The van der Waals surface area contributed by atoms with Gasteiger partial charge >= 0.3 is 0 Å². The maximum Gasteiger partial charge on any atom is 0.294 e. The van der Waals surface area contributed by atoms with Gasteiger partial charge in [-0.2, -0.15) is 0 Å². The van der Waals surface area contributed by atoms with Gasteiger partial charge in [-0.3, -0.25) is 14.5 Å². The number of hydrogen-bond donors (Lipinski definition) is 1. The first-order valence-corrected chi connectivity index (χ1v) is 9.65. The van der Waals surface area contributed by atoms with Crippen molar-refractivity contribution in [2.24, 2.45) is 0 Å². The van der Waals surface area contributed by atoms with Crippen LogP contribution in [-0.2, 0) is 4.79 Å². The van der Waals surface area contributed by atoms with E-state index in [1.54, 1.807) is 54.6 Å². The molecule has 1 N–H and O–H groups in total. The highest BCUT2D eigenvalue weighted by Crippen LogP contribution is 2.42. The van der Waals surface area contributed by atoms with E-state index in [4.69, 9.17) is 4.42 Å². The zero-order valence-electron chi connectivity index (χ0n) is 16.2. The van der Waals surface area contributed by atoms with Crippen LogP contribution in [0.5, 0.6) is 0 Å². The Hall–Kier alpha value is -4.19. The summed E-state index contributed by atoms with van der Waals surface area (Å²) in [4.78, 5) is 27.8. The Morgan fingerprint density at radius 1 is 0.935 bits per heavy atom. The lowest BCUT2D eigenvalue weighted by atomic mass is 9.94. The molecule has 0 fully saturated rings. The number of rotatable bonds is 4. The average molecular weight is 413 g/mol. The maximum absolute atomic E-state index is 13.6. The molecule has 0 spiro atoms. The van der Waals surface area contributed by atoms with E-state index in [1.807, 2.05) is 6.07 Å². The number of anilines is 1. The number of carbonyl (C=O) groups excluding carboxylic acids is 2. The number of furan rings is 1. The number of Topliss-reactive ketones (excluding diaryl/α,β-unsaturated/α-hetero) is 1. The number of amides is 1. The van der Waals surface area contributed by atoms with Crippen LogP contribution in [0, 0.1) is 5.82 Å². The number of benzene rings is 3. The van der Waals surface area contributed by atoms with E-state index in [0.717, 1.165) is 5.39 Å². The third kappa shape index (κ3) is 3.09. The molecule has 4 aromatic rings. The summed E-state index contributed by atoms with van der Waals surface area (Å²) in [5, 5.41) is 11.5. The molecule has 6 heteroatoms. The molecule has 1 aliphatic rings. The predicted molar refractivity (Wildman–Crippen MR) is 113 cm³/mol. The van der Waals surface area contributed by atoms with Crippen molar-refractivity contribution in [2.45, 2.75) is 6.04 Å². The van der Waals surface area contributed by atoms with Crippen molar-refractivity contribution in [1.29, 1.82) is 0 Å². The molecule has 0 bridgehead atoms. The van der Waals surface area contributed by atoms with Crippen molar-refractivity contribution in [3.63, 3.8) is 0 Å². The summed E-state index contributed by atoms with van der Waals surface area (Å²) in [5.74, 6) is -2.39. The third-order valence-corrected chi connectivity index (χ3v) is 5.32. The summed E-state index contributed by atoms with van der Waals surface area (Å²) < 4.78 is 19.2. The van der Waals surface area contributed by atoms with Crippen molar-refractivity contribution in [2.75, 3.05) is 4.90 Å². The number of fused-ring (bicyclic) bond motifs is 1. The number of halogens is 1. The third-order valence-electron chi connectivity index (χ3n) is 5.32. The van der Waals surface area contributed by atoms with Gasteiger partial charge in [-0.1, -0.05) is 48.5 Å². The second-order valence-electron chi connectivity index (χ2n) is 7.20. The molecule has 0 aliphatic carbocycles. The van der Waals surface area contributed by atoms with Crippen LogP contribution in [0.4, 0.5) is 10.1 Å². The van der Waals surface area contributed by atoms with Crippen LogP contribution in [0.3, 0.4) is 0 Å². The minimum atomic E-state index is -0.934. The van der Waals surface area contributed by atoms with E-state index in [9.17, 15) is 19.1 Å². The largest absolute Gasteiger partial charge is 0.503 e. The molecule has 1 amide bonds. The Kier molecular flexibility index (Phi) is 4.40. The van der Waals surface area contributed by atoms with Crippen LogP contribution in [0.1, 0.15) is 22.2 Å². The van der Waals surface area contributed by atoms with Crippen molar-refractivity contribution in [3.8, 4) is 0 Å². The highest BCUT2D eigenvalue weighted by molar-refractivity contribution is 6.20. The lowest BCUT2D eigenvalue weighted by Gasteiger charge is -2.26. The van der Waals surface area contributed by atoms with Crippen LogP contribution in [0.25, 0.3) is 11.0 Å². The molecule has 0 saturated carbocycles. The Morgan fingerprint density at radius 2 is 1.61 bits per heavy atom. The molecule has 1 aliphatic heterocycles. The molecular formula is C25H16FNO4. The Morgan fingerprint density at radius 3 is 2.32 bits per heavy atom. The van der Waals surface area contributed by atoms with Crippen molar-refractivity contribution < 1.29 is 23.5 Å². The van der Waals surface area contributed by atoms with Gasteiger partial charge in [0.15, 0.2) is 11.5 Å². The summed E-state index contributed by atoms with van der Waals surface area (Å²) in [6.07, 6.45) is 0. The van der Waals surface area contributed by atoms with Gasteiger partial charge in [0.25, 0.3) is 5.91 Å². The SMILES string of the molecule is O=C(C1=C(O)C(=O)N(c2ccccc2)C1c1ccc(F)cc1)c1cc2ccccc2o1. The zero-order chi connectivity index (χ0) is 21.5. The summed E-state index contributed by atoms with van der Waals surface area (Å²) >= 11 is 0. The Bertz CT molecular complexity index is 1310. The fourth-order valence-corrected chi connectivity index (χ4v) is 3.88. The number of ketones is 1. The van der Waals surface area contributed by atoms with Crippen LogP contribution in [0.15, 0.2) is 101 Å². The summed E-state index contributed by atoms with van der Waals surface area (Å²) in [6.45, 7) is 0. The van der Waals surface area contributed by atoms with Crippen LogP contribution in [-0.4, -0.2) is 16.8 Å². The first-order valence-electron chi connectivity index (χ1n) is 9.65. The van der Waals surface area contributed by atoms with E-state index < -0.39 is 29.3 Å². The first-order chi connectivity index (χ1) is 15.0.